The summed E-state index contributed by atoms with van der Waals surface area (Å²) < 4.78 is 74.3. The summed E-state index contributed by atoms with van der Waals surface area (Å²) in [6, 6.07) is 11.9. The van der Waals surface area contributed by atoms with Gasteiger partial charge in [0.1, 0.15) is 0 Å². The van der Waals surface area contributed by atoms with Gasteiger partial charge in [-0.1, -0.05) is 42.5 Å². The number of hydrogen-bond donors (Lipinski definition) is 0. The molecule has 1 saturated heterocycles. The van der Waals surface area contributed by atoms with Gasteiger partial charge in [0.15, 0.2) is 29.5 Å². The second-order valence-electron chi connectivity index (χ2n) is 7.67. The normalized spacial score (nSPS) is 18.6. The first-order valence-corrected chi connectivity index (χ1v) is 10.5. The van der Waals surface area contributed by atoms with Crippen LogP contribution in [0.15, 0.2) is 60.9 Å². The van der Waals surface area contributed by atoms with Crippen molar-refractivity contribution < 1.29 is 31.8 Å². The lowest BCUT2D eigenvalue weighted by molar-refractivity contribution is -0.176. The molecule has 3 aromatic rings. The number of hydrogen-bond acceptors (Lipinski definition) is 3. The lowest BCUT2D eigenvalue weighted by Gasteiger charge is -2.28. The van der Waals surface area contributed by atoms with Gasteiger partial charge >= 0.3 is 0 Å². The van der Waals surface area contributed by atoms with Crippen molar-refractivity contribution in [3.63, 3.8) is 0 Å². The fourth-order valence-electron chi connectivity index (χ4n) is 3.70. The predicted octanol–water partition coefficient (Wildman–Crippen LogP) is 6.97. The Bertz CT molecular complexity index is 1170. The van der Waals surface area contributed by atoms with Crippen LogP contribution in [0.5, 0.6) is 5.75 Å². The van der Waals surface area contributed by atoms with E-state index in [4.69, 9.17) is 14.2 Å². The highest BCUT2D eigenvalue weighted by molar-refractivity contribution is 5.72. The molecule has 3 aromatic carbocycles. The van der Waals surface area contributed by atoms with Crippen molar-refractivity contribution in [3.8, 4) is 28.0 Å². The highest BCUT2D eigenvalue weighted by atomic mass is 19.2. The molecule has 0 unspecified atom stereocenters. The molecule has 0 atom stereocenters. The molecule has 1 fully saturated rings. The minimum absolute atomic E-state index is 0.0282. The molecule has 3 nitrogen and oxygen atoms in total. The number of benzene rings is 3. The monoisotopic (exact) mass is 458 g/mol. The number of rotatable bonds is 5. The Kier molecular flexibility index (Phi) is 6.81. The van der Waals surface area contributed by atoms with E-state index in [-0.39, 0.29) is 41.9 Å². The maximum absolute atomic E-state index is 14.9. The van der Waals surface area contributed by atoms with E-state index in [1.165, 1.54) is 54.8 Å². The molecule has 0 aromatic heterocycles. The highest BCUT2D eigenvalue weighted by Crippen LogP contribution is 2.34. The van der Waals surface area contributed by atoms with E-state index in [1.807, 2.05) is 0 Å². The zero-order chi connectivity index (χ0) is 23.5. The van der Waals surface area contributed by atoms with Gasteiger partial charge in [0.25, 0.3) is 0 Å². The summed E-state index contributed by atoms with van der Waals surface area (Å²) in [4.78, 5) is 0. The zero-order valence-corrected chi connectivity index (χ0v) is 18.1. The first-order chi connectivity index (χ1) is 15.9. The maximum Gasteiger partial charge on any atom is 0.201 e. The SMILES string of the molecule is C/C=C\Oc1ccc(-c2ccc(-c3ccc(C4COC(C)OC4)c(F)c3F)cc2)c(F)c1F. The average Bonchev–Trinajstić information content (AvgIpc) is 2.83. The summed E-state index contributed by atoms with van der Waals surface area (Å²) in [5.41, 5.74) is 1.07. The van der Waals surface area contributed by atoms with Crippen LogP contribution >= 0.6 is 0 Å². The van der Waals surface area contributed by atoms with Crippen molar-refractivity contribution in [3.05, 3.63) is 89.7 Å². The largest absolute Gasteiger partial charge is 0.462 e. The molecule has 0 N–H and O–H groups in total. The molecule has 172 valence electrons. The van der Waals surface area contributed by atoms with Gasteiger partial charge < -0.3 is 14.2 Å². The average molecular weight is 458 g/mol. The molecule has 0 saturated carbocycles. The Balaban J connectivity index is 1.60. The summed E-state index contributed by atoms with van der Waals surface area (Å²) in [5.74, 6) is -4.73. The predicted molar refractivity (Wildman–Crippen MR) is 117 cm³/mol. The summed E-state index contributed by atoms with van der Waals surface area (Å²) in [6.07, 6.45) is 2.43. The van der Waals surface area contributed by atoms with Gasteiger partial charge in [0.05, 0.1) is 19.5 Å². The van der Waals surface area contributed by atoms with Gasteiger partial charge in [-0.2, -0.15) is 4.39 Å². The lowest BCUT2D eigenvalue weighted by atomic mass is 9.94. The van der Waals surface area contributed by atoms with E-state index < -0.39 is 29.2 Å². The van der Waals surface area contributed by atoms with Gasteiger partial charge in [0.2, 0.25) is 5.82 Å². The molecule has 0 aliphatic carbocycles. The molecule has 1 heterocycles. The van der Waals surface area contributed by atoms with Crippen LogP contribution in [0.1, 0.15) is 25.3 Å². The lowest BCUT2D eigenvalue weighted by Crippen LogP contribution is -2.29. The van der Waals surface area contributed by atoms with Crippen molar-refractivity contribution in [2.75, 3.05) is 13.2 Å². The van der Waals surface area contributed by atoms with Crippen LogP contribution in [0, 0.1) is 23.3 Å². The van der Waals surface area contributed by atoms with E-state index in [1.54, 1.807) is 19.9 Å². The number of allylic oxidation sites excluding steroid dienone is 1. The van der Waals surface area contributed by atoms with Crippen LogP contribution in [-0.2, 0) is 9.47 Å². The minimum Gasteiger partial charge on any atom is -0.462 e. The second kappa shape index (κ2) is 9.77. The summed E-state index contributed by atoms with van der Waals surface area (Å²) in [6.45, 7) is 3.91. The van der Waals surface area contributed by atoms with Gasteiger partial charge in [-0.15, -0.1) is 0 Å². The van der Waals surface area contributed by atoms with Crippen molar-refractivity contribution in [2.45, 2.75) is 26.1 Å². The van der Waals surface area contributed by atoms with Crippen molar-refractivity contribution in [1.82, 2.24) is 0 Å². The van der Waals surface area contributed by atoms with Crippen LogP contribution in [-0.4, -0.2) is 19.5 Å². The van der Waals surface area contributed by atoms with Gasteiger partial charge in [-0.05, 0) is 42.7 Å². The van der Waals surface area contributed by atoms with Crippen LogP contribution in [0.3, 0.4) is 0 Å². The molecule has 33 heavy (non-hydrogen) atoms. The van der Waals surface area contributed by atoms with E-state index in [9.17, 15) is 17.6 Å². The van der Waals surface area contributed by atoms with Crippen LogP contribution in [0.25, 0.3) is 22.3 Å². The Labute approximate surface area is 189 Å². The third-order valence-electron chi connectivity index (χ3n) is 5.50. The van der Waals surface area contributed by atoms with Crippen molar-refractivity contribution >= 4 is 0 Å². The Morgan fingerprint density at radius 2 is 1.30 bits per heavy atom. The quantitative estimate of drug-likeness (QED) is 0.305. The zero-order valence-electron chi connectivity index (χ0n) is 18.1. The molecule has 4 rings (SSSR count). The van der Waals surface area contributed by atoms with Gasteiger partial charge in [-0.3, -0.25) is 0 Å². The van der Waals surface area contributed by atoms with Gasteiger partial charge in [0, 0.05) is 17.0 Å². The minimum atomic E-state index is -1.11. The van der Waals surface area contributed by atoms with E-state index in [0.717, 1.165) is 0 Å². The first kappa shape index (κ1) is 23.0. The van der Waals surface area contributed by atoms with Gasteiger partial charge in [-0.25, -0.2) is 13.2 Å². The summed E-state index contributed by atoms with van der Waals surface area (Å²) in [5, 5.41) is 0. The fourth-order valence-corrected chi connectivity index (χ4v) is 3.70. The first-order valence-electron chi connectivity index (χ1n) is 10.5. The van der Waals surface area contributed by atoms with Crippen LogP contribution < -0.4 is 4.74 Å². The topological polar surface area (TPSA) is 27.7 Å². The van der Waals surface area contributed by atoms with Crippen LogP contribution in [0.2, 0.25) is 0 Å². The Morgan fingerprint density at radius 3 is 1.88 bits per heavy atom. The molecule has 0 radical (unpaired) electrons. The Morgan fingerprint density at radius 1 is 0.758 bits per heavy atom. The molecule has 1 aliphatic heterocycles. The molecule has 0 amide bonds. The van der Waals surface area contributed by atoms with E-state index in [2.05, 4.69) is 0 Å². The van der Waals surface area contributed by atoms with Crippen molar-refractivity contribution in [2.24, 2.45) is 0 Å². The molecule has 0 spiro atoms. The smallest absolute Gasteiger partial charge is 0.201 e. The van der Waals surface area contributed by atoms with Crippen molar-refractivity contribution in [1.29, 1.82) is 0 Å². The molecular weight excluding hydrogens is 436 g/mol. The van der Waals surface area contributed by atoms with E-state index in [0.29, 0.717) is 11.1 Å². The maximum atomic E-state index is 14.9. The summed E-state index contributed by atoms with van der Waals surface area (Å²) >= 11 is 0. The van der Waals surface area contributed by atoms with E-state index >= 15 is 0 Å². The van der Waals surface area contributed by atoms with Crippen LogP contribution in [0.4, 0.5) is 17.6 Å². The Hall–Kier alpha value is -3.16. The molecule has 1 aliphatic rings. The highest BCUT2D eigenvalue weighted by Gasteiger charge is 2.26. The molecular formula is C26H22F4O3. The number of halogens is 4. The molecule has 0 bridgehead atoms. The third kappa shape index (κ3) is 4.65. The third-order valence-corrected chi connectivity index (χ3v) is 5.50. The second-order valence-corrected chi connectivity index (χ2v) is 7.67. The molecule has 7 heteroatoms. The standard InChI is InChI=1S/C26H22F4O3/c1-3-12-31-22-11-10-20(25(29)26(22)30)17-6-4-16(5-7-17)19-8-9-21(24(28)23(19)27)18-13-32-15(2)33-14-18/h3-12,15,18H,13-14H2,1-2H3/b12-3-. The summed E-state index contributed by atoms with van der Waals surface area (Å²) in [7, 11) is 0. The fraction of sp³-hybridized carbons (Fsp3) is 0.231. The number of ether oxygens (including phenoxy) is 3.